The largest absolute Gasteiger partial charge is 0.354 e. The van der Waals surface area contributed by atoms with E-state index in [1.807, 2.05) is 30.3 Å². The van der Waals surface area contributed by atoms with Gasteiger partial charge in [0.05, 0.1) is 5.92 Å². The van der Waals surface area contributed by atoms with E-state index in [0.717, 1.165) is 38.0 Å². The SMILES string of the molecule is O=C(CCN1CCCC2C(=O)NCC21)c1ccccc1. The van der Waals surface area contributed by atoms with Crippen molar-refractivity contribution in [1.29, 1.82) is 0 Å². The average Bonchev–Trinajstić information content (AvgIpc) is 2.88. The summed E-state index contributed by atoms with van der Waals surface area (Å²) in [6.45, 7) is 2.49. The fourth-order valence-corrected chi connectivity index (χ4v) is 3.33. The Morgan fingerprint density at radius 3 is 2.90 bits per heavy atom. The molecule has 106 valence electrons. The van der Waals surface area contributed by atoms with Crippen molar-refractivity contribution < 1.29 is 9.59 Å². The first-order valence-corrected chi connectivity index (χ1v) is 7.36. The zero-order valence-corrected chi connectivity index (χ0v) is 11.5. The number of piperidine rings is 1. The molecule has 2 aliphatic heterocycles. The number of fused-ring (bicyclic) bond motifs is 1. The highest BCUT2D eigenvalue weighted by Crippen LogP contribution is 2.27. The third-order valence-corrected chi connectivity index (χ3v) is 4.44. The summed E-state index contributed by atoms with van der Waals surface area (Å²) in [5.41, 5.74) is 0.779. The maximum Gasteiger partial charge on any atom is 0.224 e. The minimum atomic E-state index is 0.135. The molecule has 2 aliphatic rings. The Hall–Kier alpha value is -1.68. The number of nitrogens with one attached hydrogen (secondary N) is 1. The van der Waals surface area contributed by atoms with Gasteiger partial charge < -0.3 is 5.32 Å². The zero-order valence-electron chi connectivity index (χ0n) is 11.5. The fourth-order valence-electron chi connectivity index (χ4n) is 3.33. The molecular formula is C16H20N2O2. The maximum absolute atomic E-state index is 12.1. The highest BCUT2D eigenvalue weighted by molar-refractivity contribution is 5.96. The van der Waals surface area contributed by atoms with Crippen LogP contribution >= 0.6 is 0 Å². The van der Waals surface area contributed by atoms with Gasteiger partial charge in [-0.2, -0.15) is 0 Å². The van der Waals surface area contributed by atoms with Crippen LogP contribution in [-0.2, 0) is 4.79 Å². The number of amides is 1. The maximum atomic E-state index is 12.1. The molecule has 2 atom stereocenters. The van der Waals surface area contributed by atoms with E-state index in [1.165, 1.54) is 0 Å². The summed E-state index contributed by atoms with van der Waals surface area (Å²) in [5, 5.41) is 2.95. The number of carbonyl (C=O) groups excluding carboxylic acids is 2. The molecule has 0 saturated carbocycles. The van der Waals surface area contributed by atoms with Crippen molar-refractivity contribution in [3.8, 4) is 0 Å². The predicted octanol–water partition coefficient (Wildman–Crippen LogP) is 1.47. The smallest absolute Gasteiger partial charge is 0.224 e. The van der Waals surface area contributed by atoms with E-state index in [-0.39, 0.29) is 17.6 Å². The Kier molecular flexibility index (Phi) is 3.83. The van der Waals surface area contributed by atoms with Gasteiger partial charge in [-0.25, -0.2) is 0 Å². The molecule has 4 nitrogen and oxygen atoms in total. The molecule has 0 bridgehead atoms. The first-order chi connectivity index (χ1) is 9.75. The molecule has 1 amide bonds. The molecule has 1 aromatic rings. The second-order valence-electron chi connectivity index (χ2n) is 5.64. The van der Waals surface area contributed by atoms with Crippen molar-refractivity contribution in [1.82, 2.24) is 10.2 Å². The van der Waals surface area contributed by atoms with Crippen LogP contribution in [0.1, 0.15) is 29.6 Å². The lowest BCUT2D eigenvalue weighted by atomic mass is 9.91. The molecule has 1 aromatic carbocycles. The summed E-state index contributed by atoms with van der Waals surface area (Å²) in [7, 11) is 0. The second-order valence-corrected chi connectivity index (χ2v) is 5.64. The number of carbonyl (C=O) groups is 2. The summed E-state index contributed by atoms with van der Waals surface area (Å²) in [5.74, 6) is 0.509. The molecule has 0 radical (unpaired) electrons. The van der Waals surface area contributed by atoms with Gasteiger partial charge in [-0.3, -0.25) is 14.5 Å². The Balaban J connectivity index is 1.58. The van der Waals surface area contributed by atoms with Crippen molar-refractivity contribution in [2.45, 2.75) is 25.3 Å². The summed E-state index contributed by atoms with van der Waals surface area (Å²) in [4.78, 5) is 26.2. The fraction of sp³-hybridized carbons (Fsp3) is 0.500. The van der Waals surface area contributed by atoms with E-state index in [4.69, 9.17) is 0 Å². The van der Waals surface area contributed by atoms with Crippen molar-refractivity contribution in [2.24, 2.45) is 5.92 Å². The van der Waals surface area contributed by atoms with Crippen LogP contribution in [0.25, 0.3) is 0 Å². The molecule has 2 unspecified atom stereocenters. The van der Waals surface area contributed by atoms with E-state index in [1.54, 1.807) is 0 Å². The van der Waals surface area contributed by atoms with Gasteiger partial charge in [0, 0.05) is 31.1 Å². The van der Waals surface area contributed by atoms with Gasteiger partial charge in [-0.05, 0) is 19.4 Å². The Morgan fingerprint density at radius 2 is 2.10 bits per heavy atom. The zero-order chi connectivity index (χ0) is 13.9. The van der Waals surface area contributed by atoms with E-state index >= 15 is 0 Å². The van der Waals surface area contributed by atoms with E-state index in [0.29, 0.717) is 12.5 Å². The number of benzene rings is 1. The molecule has 0 aliphatic carbocycles. The van der Waals surface area contributed by atoms with Gasteiger partial charge in [0.1, 0.15) is 0 Å². The van der Waals surface area contributed by atoms with Crippen LogP contribution in [0.5, 0.6) is 0 Å². The lowest BCUT2D eigenvalue weighted by Crippen LogP contribution is -2.46. The van der Waals surface area contributed by atoms with Crippen molar-refractivity contribution in [3.05, 3.63) is 35.9 Å². The minimum Gasteiger partial charge on any atom is -0.354 e. The van der Waals surface area contributed by atoms with Crippen LogP contribution in [0.3, 0.4) is 0 Å². The summed E-state index contributed by atoms with van der Waals surface area (Å²) < 4.78 is 0. The molecule has 20 heavy (non-hydrogen) atoms. The van der Waals surface area contributed by atoms with Gasteiger partial charge in [-0.15, -0.1) is 0 Å². The molecule has 0 spiro atoms. The quantitative estimate of drug-likeness (QED) is 0.844. The third kappa shape index (κ3) is 2.61. The van der Waals surface area contributed by atoms with Crippen LogP contribution in [0.15, 0.2) is 30.3 Å². The lowest BCUT2D eigenvalue weighted by molar-refractivity contribution is -0.124. The number of hydrogen-bond donors (Lipinski definition) is 1. The van der Waals surface area contributed by atoms with Crippen LogP contribution < -0.4 is 5.32 Å². The lowest BCUT2D eigenvalue weighted by Gasteiger charge is -2.35. The van der Waals surface area contributed by atoms with Crippen LogP contribution in [0.4, 0.5) is 0 Å². The first-order valence-electron chi connectivity index (χ1n) is 7.36. The molecule has 3 rings (SSSR count). The third-order valence-electron chi connectivity index (χ3n) is 4.44. The number of likely N-dealkylation sites (tertiary alicyclic amines) is 1. The summed E-state index contributed by atoms with van der Waals surface area (Å²) >= 11 is 0. The topological polar surface area (TPSA) is 49.4 Å². The molecule has 0 aromatic heterocycles. The number of nitrogens with zero attached hydrogens (tertiary/aromatic N) is 1. The normalized spacial score (nSPS) is 26.1. The van der Waals surface area contributed by atoms with Crippen molar-refractivity contribution >= 4 is 11.7 Å². The number of hydrogen-bond acceptors (Lipinski definition) is 3. The highest BCUT2D eigenvalue weighted by Gasteiger charge is 2.40. The first kappa shape index (κ1) is 13.3. The number of ketones is 1. The Bertz CT molecular complexity index is 500. The standard InChI is InChI=1S/C16H20N2O2/c19-15(12-5-2-1-3-6-12)8-10-18-9-4-7-13-14(18)11-17-16(13)20/h1-3,5-6,13-14H,4,7-11H2,(H,17,20). The Labute approximate surface area is 119 Å². The average molecular weight is 272 g/mol. The predicted molar refractivity (Wildman–Crippen MR) is 76.5 cm³/mol. The van der Waals surface area contributed by atoms with Gasteiger partial charge in [0.25, 0.3) is 0 Å². The minimum absolute atomic E-state index is 0.135. The van der Waals surface area contributed by atoms with Gasteiger partial charge in [0.2, 0.25) is 5.91 Å². The molecule has 4 heteroatoms. The van der Waals surface area contributed by atoms with Gasteiger partial charge in [-0.1, -0.05) is 30.3 Å². The molecule has 1 N–H and O–H groups in total. The van der Waals surface area contributed by atoms with Crippen molar-refractivity contribution in [3.63, 3.8) is 0 Å². The van der Waals surface area contributed by atoms with E-state index in [9.17, 15) is 9.59 Å². The number of Topliss-reactive ketones (excluding diaryl/α,β-unsaturated/α-hetero) is 1. The van der Waals surface area contributed by atoms with Gasteiger partial charge >= 0.3 is 0 Å². The molecule has 2 fully saturated rings. The molecular weight excluding hydrogens is 252 g/mol. The second kappa shape index (κ2) is 5.75. The highest BCUT2D eigenvalue weighted by atomic mass is 16.2. The van der Waals surface area contributed by atoms with E-state index < -0.39 is 0 Å². The van der Waals surface area contributed by atoms with E-state index in [2.05, 4.69) is 10.2 Å². The van der Waals surface area contributed by atoms with Crippen LogP contribution in [-0.4, -0.2) is 42.3 Å². The van der Waals surface area contributed by atoms with Crippen LogP contribution in [0, 0.1) is 5.92 Å². The summed E-state index contributed by atoms with van der Waals surface area (Å²) in [6.07, 6.45) is 2.56. The van der Waals surface area contributed by atoms with Gasteiger partial charge in [0.15, 0.2) is 5.78 Å². The summed E-state index contributed by atoms with van der Waals surface area (Å²) in [6, 6.07) is 9.72. The molecule has 2 heterocycles. The Morgan fingerprint density at radius 1 is 1.30 bits per heavy atom. The number of rotatable bonds is 4. The van der Waals surface area contributed by atoms with Crippen LogP contribution in [0.2, 0.25) is 0 Å². The monoisotopic (exact) mass is 272 g/mol. The van der Waals surface area contributed by atoms with Crippen molar-refractivity contribution in [2.75, 3.05) is 19.6 Å². The molecule has 2 saturated heterocycles.